The molecule has 4 rings (SSSR count). The van der Waals surface area contributed by atoms with E-state index in [4.69, 9.17) is 21.7 Å². The Bertz CT molecular complexity index is 1220. The zero-order valence-corrected chi connectivity index (χ0v) is 17.4. The molecule has 0 atom stereocenters. The van der Waals surface area contributed by atoms with Crippen molar-refractivity contribution < 1.29 is 17.9 Å². The Balaban J connectivity index is 1.74. The second-order valence-electron chi connectivity index (χ2n) is 7.08. The minimum absolute atomic E-state index is 0.0718. The van der Waals surface area contributed by atoms with E-state index in [0.717, 1.165) is 24.4 Å². The molecule has 2 heterocycles. The van der Waals surface area contributed by atoms with Gasteiger partial charge >= 0.3 is 0 Å². The number of morpholine rings is 1. The summed E-state index contributed by atoms with van der Waals surface area (Å²) in [5.74, 6) is -2.37. The Kier molecular flexibility index (Phi) is 6.20. The maximum Gasteiger partial charge on any atom is 0.259 e. The van der Waals surface area contributed by atoms with Crippen molar-refractivity contribution in [2.24, 2.45) is 0 Å². The first-order chi connectivity index (χ1) is 15.4. The van der Waals surface area contributed by atoms with Gasteiger partial charge in [-0.15, -0.1) is 0 Å². The molecule has 0 bridgehead atoms. The third-order valence-electron chi connectivity index (χ3n) is 5.10. The van der Waals surface area contributed by atoms with Gasteiger partial charge in [0.2, 0.25) is 0 Å². The number of hydrogen-bond donors (Lipinski definition) is 3. The average molecular weight is 463 g/mol. The van der Waals surface area contributed by atoms with E-state index in [1.54, 1.807) is 0 Å². The summed E-state index contributed by atoms with van der Waals surface area (Å²) in [6.07, 6.45) is 1.14. The molecule has 1 aliphatic rings. The van der Waals surface area contributed by atoms with Gasteiger partial charge < -0.3 is 19.9 Å². The fraction of sp³-hybridized carbons (Fsp3) is 0.182. The van der Waals surface area contributed by atoms with Crippen molar-refractivity contribution in [1.29, 1.82) is 5.41 Å². The van der Waals surface area contributed by atoms with Crippen LogP contribution in [0, 0.1) is 22.9 Å². The van der Waals surface area contributed by atoms with E-state index < -0.39 is 28.7 Å². The number of pyridine rings is 1. The molecule has 6 nitrogen and oxygen atoms in total. The number of benzene rings is 2. The Hall–Kier alpha value is -3.30. The predicted octanol–water partition coefficient (Wildman–Crippen LogP) is 4.44. The first-order valence-corrected chi connectivity index (χ1v) is 10.1. The van der Waals surface area contributed by atoms with Crippen LogP contribution in [0.5, 0.6) is 0 Å². The highest BCUT2D eigenvalue weighted by molar-refractivity contribution is 6.34. The first kappa shape index (κ1) is 21.9. The van der Waals surface area contributed by atoms with E-state index in [1.807, 2.05) is 4.90 Å². The van der Waals surface area contributed by atoms with E-state index in [9.17, 15) is 18.0 Å². The highest BCUT2D eigenvalue weighted by Crippen LogP contribution is 2.31. The van der Waals surface area contributed by atoms with Crippen LogP contribution in [0.2, 0.25) is 5.02 Å². The van der Waals surface area contributed by atoms with Crippen LogP contribution in [0.3, 0.4) is 0 Å². The lowest BCUT2D eigenvalue weighted by atomic mass is 10.0. The molecule has 10 heteroatoms. The molecule has 1 fully saturated rings. The number of halogens is 4. The molecule has 0 unspecified atom stereocenters. The van der Waals surface area contributed by atoms with E-state index in [-0.39, 0.29) is 27.5 Å². The molecule has 1 aromatic heterocycles. The lowest BCUT2D eigenvalue weighted by Crippen LogP contribution is -2.36. The minimum atomic E-state index is -0.903. The normalized spacial score (nSPS) is 13.8. The molecule has 0 spiro atoms. The zero-order valence-electron chi connectivity index (χ0n) is 16.6. The molecule has 3 aromatic rings. The number of rotatable bonds is 5. The Morgan fingerprint density at radius 2 is 1.75 bits per heavy atom. The fourth-order valence-corrected chi connectivity index (χ4v) is 3.67. The third kappa shape index (κ3) is 4.21. The number of aromatic amines is 1. The van der Waals surface area contributed by atoms with Crippen molar-refractivity contribution in [1.82, 2.24) is 4.98 Å². The summed E-state index contributed by atoms with van der Waals surface area (Å²) >= 11 is 6.18. The van der Waals surface area contributed by atoms with Gasteiger partial charge in [0.05, 0.1) is 40.9 Å². The highest BCUT2D eigenvalue weighted by Gasteiger charge is 2.22. The number of hydrogen-bond acceptors (Lipinski definition) is 5. The smallest absolute Gasteiger partial charge is 0.259 e. The van der Waals surface area contributed by atoms with E-state index >= 15 is 0 Å². The number of aromatic nitrogens is 1. The van der Waals surface area contributed by atoms with Crippen LogP contribution < -0.4 is 15.8 Å². The van der Waals surface area contributed by atoms with E-state index in [0.29, 0.717) is 32.0 Å². The maximum absolute atomic E-state index is 14.8. The van der Waals surface area contributed by atoms with Gasteiger partial charge in [0, 0.05) is 24.8 Å². The quantitative estimate of drug-likeness (QED) is 0.490. The number of anilines is 3. The molecule has 166 valence electrons. The monoisotopic (exact) mass is 462 g/mol. The summed E-state index contributed by atoms with van der Waals surface area (Å²) < 4.78 is 48.4. The van der Waals surface area contributed by atoms with Crippen molar-refractivity contribution in [3.8, 4) is 0 Å². The predicted molar refractivity (Wildman–Crippen MR) is 117 cm³/mol. The van der Waals surface area contributed by atoms with Crippen molar-refractivity contribution in [2.45, 2.75) is 0 Å². The number of nitrogens with one attached hydrogen (secondary N) is 3. The van der Waals surface area contributed by atoms with Gasteiger partial charge in [0.1, 0.15) is 23.1 Å². The van der Waals surface area contributed by atoms with Crippen molar-refractivity contribution >= 4 is 34.4 Å². The van der Waals surface area contributed by atoms with E-state index in [1.165, 1.54) is 18.2 Å². The summed E-state index contributed by atoms with van der Waals surface area (Å²) in [4.78, 5) is 16.8. The number of nitrogens with zero attached hydrogens (tertiary/aromatic N) is 1. The summed E-state index contributed by atoms with van der Waals surface area (Å²) in [5.41, 5.74) is -1.60. The van der Waals surface area contributed by atoms with Crippen LogP contribution in [0.25, 0.3) is 0 Å². The zero-order chi connectivity index (χ0) is 22.8. The molecule has 3 N–H and O–H groups in total. The van der Waals surface area contributed by atoms with Crippen LogP contribution in [-0.2, 0) is 4.74 Å². The van der Waals surface area contributed by atoms with Gasteiger partial charge in [-0.2, -0.15) is 0 Å². The lowest BCUT2D eigenvalue weighted by Gasteiger charge is -2.29. The second kappa shape index (κ2) is 9.05. The van der Waals surface area contributed by atoms with Crippen LogP contribution in [0.4, 0.5) is 30.2 Å². The average Bonchev–Trinajstić information content (AvgIpc) is 2.78. The molecule has 32 heavy (non-hydrogen) atoms. The Labute approximate surface area is 186 Å². The fourth-order valence-electron chi connectivity index (χ4n) is 3.48. The van der Waals surface area contributed by atoms with Crippen molar-refractivity contribution in [3.05, 3.63) is 86.6 Å². The Morgan fingerprint density at radius 1 is 1.06 bits per heavy atom. The van der Waals surface area contributed by atoms with Crippen LogP contribution in [0.15, 0.2) is 47.4 Å². The standard InChI is InChI=1S/C22H18ClF3N4O2/c23-13-11-28-22(31)18(20(13)29-21-14(24)2-1-3-15(21)25)19(27)12-4-5-17(16(26)10-12)30-6-8-32-9-7-30/h1-5,10-11,27H,6-9H2,(H2,28,29,31). The van der Waals surface area contributed by atoms with E-state index in [2.05, 4.69) is 10.3 Å². The second-order valence-corrected chi connectivity index (χ2v) is 7.49. The first-order valence-electron chi connectivity index (χ1n) is 9.70. The number of para-hydroxylation sites is 1. The molecular formula is C22H18ClF3N4O2. The van der Waals surface area contributed by atoms with Gasteiger partial charge in [-0.05, 0) is 24.3 Å². The molecule has 0 amide bonds. The van der Waals surface area contributed by atoms with Crippen molar-refractivity contribution in [3.63, 3.8) is 0 Å². The molecule has 0 aliphatic carbocycles. The lowest BCUT2D eigenvalue weighted by molar-refractivity contribution is 0.122. The van der Waals surface area contributed by atoms with Crippen LogP contribution >= 0.6 is 11.6 Å². The van der Waals surface area contributed by atoms with Gasteiger partial charge in [0.25, 0.3) is 5.56 Å². The Morgan fingerprint density at radius 3 is 2.41 bits per heavy atom. The summed E-state index contributed by atoms with van der Waals surface area (Å²) in [5, 5.41) is 10.9. The molecule has 1 aliphatic heterocycles. The molecular weight excluding hydrogens is 445 g/mol. The van der Waals surface area contributed by atoms with Crippen LogP contribution in [0.1, 0.15) is 11.1 Å². The van der Waals surface area contributed by atoms with Gasteiger partial charge in [-0.25, -0.2) is 13.2 Å². The summed E-state index contributed by atoms with van der Waals surface area (Å²) in [7, 11) is 0. The third-order valence-corrected chi connectivity index (χ3v) is 5.39. The van der Waals surface area contributed by atoms with Gasteiger partial charge in [-0.1, -0.05) is 23.7 Å². The van der Waals surface area contributed by atoms with Crippen LogP contribution in [-0.4, -0.2) is 37.0 Å². The van der Waals surface area contributed by atoms with Gasteiger partial charge in [-0.3, -0.25) is 10.2 Å². The maximum atomic E-state index is 14.8. The topological polar surface area (TPSA) is 81.2 Å². The molecule has 1 saturated heterocycles. The van der Waals surface area contributed by atoms with Gasteiger partial charge in [0.15, 0.2) is 0 Å². The summed E-state index contributed by atoms with van der Waals surface area (Å²) in [6.45, 7) is 2.03. The summed E-state index contributed by atoms with van der Waals surface area (Å²) in [6, 6.07) is 7.43. The molecule has 0 saturated carbocycles. The molecule has 2 aromatic carbocycles. The SMILES string of the molecule is N=C(c1ccc(N2CCOCC2)c(F)c1)c1c(Nc2c(F)cccc2F)c(Cl)c[nH]c1=O. The highest BCUT2D eigenvalue weighted by atomic mass is 35.5. The minimum Gasteiger partial charge on any atom is -0.378 e. The largest absolute Gasteiger partial charge is 0.378 e. The van der Waals surface area contributed by atoms with Crippen molar-refractivity contribution in [2.75, 3.05) is 36.5 Å². The molecule has 0 radical (unpaired) electrons. The number of H-pyrrole nitrogens is 1. The number of ether oxygens (including phenoxy) is 1.